The quantitative estimate of drug-likeness (QED) is 0.783. The predicted octanol–water partition coefficient (Wildman–Crippen LogP) is 4.54. The first-order valence-electron chi connectivity index (χ1n) is 7.74. The Morgan fingerprint density at radius 3 is 2.55 bits per heavy atom. The average Bonchev–Trinajstić information content (AvgIpc) is 3.05. The molecule has 0 amide bonds. The minimum Gasteiger partial charge on any atom is -0.497 e. The number of hydrogen-bond acceptors (Lipinski definition) is 3. The molecule has 0 aliphatic carbocycles. The summed E-state index contributed by atoms with van der Waals surface area (Å²) in [6.45, 7) is 0. The Balaban J connectivity index is 1.45. The maximum atomic E-state index is 5.56. The molecule has 0 N–H and O–H groups in total. The van der Waals surface area contributed by atoms with Crippen LogP contribution in [-0.4, -0.2) is 12.8 Å². The van der Waals surface area contributed by atoms with Gasteiger partial charge in [0.2, 0.25) is 0 Å². The number of nitrogens with zero attached hydrogens (tertiary/aromatic N) is 1. The van der Waals surface area contributed by atoms with Crippen molar-refractivity contribution >= 4 is 5.71 Å². The van der Waals surface area contributed by atoms with Gasteiger partial charge in [0.15, 0.2) is 6.10 Å². The molecule has 0 bridgehead atoms. The Labute approximate surface area is 131 Å². The number of ether oxygens (including phenoxy) is 1. The van der Waals surface area contributed by atoms with Crippen molar-refractivity contribution in [3.63, 3.8) is 0 Å². The van der Waals surface area contributed by atoms with E-state index < -0.39 is 0 Å². The van der Waals surface area contributed by atoms with Crippen molar-refractivity contribution in [3.05, 3.63) is 65.7 Å². The summed E-state index contributed by atoms with van der Waals surface area (Å²) < 4.78 is 5.17. The number of hydrogen-bond donors (Lipinski definition) is 0. The van der Waals surface area contributed by atoms with Gasteiger partial charge in [-0.2, -0.15) is 0 Å². The zero-order valence-corrected chi connectivity index (χ0v) is 12.9. The lowest BCUT2D eigenvalue weighted by Gasteiger charge is -2.07. The molecule has 0 fully saturated rings. The molecule has 2 aromatic rings. The Hall–Kier alpha value is -2.29. The van der Waals surface area contributed by atoms with Crippen molar-refractivity contribution in [2.75, 3.05) is 7.11 Å². The summed E-state index contributed by atoms with van der Waals surface area (Å²) >= 11 is 0. The largest absolute Gasteiger partial charge is 0.497 e. The first-order chi connectivity index (χ1) is 10.8. The van der Waals surface area contributed by atoms with E-state index in [2.05, 4.69) is 29.4 Å². The molecule has 3 nitrogen and oxygen atoms in total. The molecule has 1 aliphatic rings. The molecule has 114 valence electrons. The van der Waals surface area contributed by atoms with Crippen molar-refractivity contribution in [2.45, 2.75) is 31.8 Å². The lowest BCUT2D eigenvalue weighted by atomic mass is 10.0. The first kappa shape index (κ1) is 14.6. The van der Waals surface area contributed by atoms with Crippen LogP contribution in [0, 0.1) is 0 Å². The fourth-order valence-electron chi connectivity index (χ4n) is 2.71. The summed E-state index contributed by atoms with van der Waals surface area (Å²) in [4.78, 5) is 5.56. The third-order valence-electron chi connectivity index (χ3n) is 3.99. The summed E-state index contributed by atoms with van der Waals surface area (Å²) in [6, 6.07) is 18.6. The molecular formula is C19H21NO2. The van der Waals surface area contributed by atoms with Crippen LogP contribution >= 0.6 is 0 Å². The normalized spacial score (nSPS) is 17.0. The minimum atomic E-state index is 0.0946. The second kappa shape index (κ2) is 7.12. The summed E-state index contributed by atoms with van der Waals surface area (Å²) in [5.41, 5.74) is 3.71. The van der Waals surface area contributed by atoms with Gasteiger partial charge in [0.1, 0.15) is 5.75 Å². The second-order valence-electron chi connectivity index (χ2n) is 5.57. The molecule has 22 heavy (non-hydrogen) atoms. The predicted molar refractivity (Wildman–Crippen MR) is 88.3 cm³/mol. The minimum absolute atomic E-state index is 0.0946. The summed E-state index contributed by atoms with van der Waals surface area (Å²) in [5.74, 6) is 0.906. The fourth-order valence-corrected chi connectivity index (χ4v) is 2.71. The number of oxime groups is 1. The Bertz CT molecular complexity index is 620. The molecule has 1 aliphatic heterocycles. The fraction of sp³-hybridized carbons (Fsp3) is 0.316. The molecule has 0 saturated heterocycles. The van der Waals surface area contributed by atoms with Crippen LogP contribution in [0.3, 0.4) is 0 Å². The Morgan fingerprint density at radius 2 is 1.82 bits per heavy atom. The SMILES string of the molecule is COc1ccc(CCCC2=NOC(c3ccccc3)C2)cc1. The lowest BCUT2D eigenvalue weighted by Crippen LogP contribution is -2.00. The van der Waals surface area contributed by atoms with Crippen molar-refractivity contribution < 1.29 is 9.57 Å². The van der Waals surface area contributed by atoms with E-state index in [1.54, 1.807) is 7.11 Å². The van der Waals surface area contributed by atoms with Gasteiger partial charge in [-0.25, -0.2) is 0 Å². The molecule has 3 heteroatoms. The molecule has 1 heterocycles. The summed E-state index contributed by atoms with van der Waals surface area (Å²) in [6.07, 6.45) is 4.15. The van der Waals surface area contributed by atoms with E-state index in [-0.39, 0.29) is 6.10 Å². The summed E-state index contributed by atoms with van der Waals surface area (Å²) in [7, 11) is 1.69. The third kappa shape index (κ3) is 3.67. The first-order valence-corrected chi connectivity index (χ1v) is 7.74. The Morgan fingerprint density at radius 1 is 1.05 bits per heavy atom. The smallest absolute Gasteiger partial charge is 0.157 e. The van der Waals surface area contributed by atoms with Crippen molar-refractivity contribution in [2.24, 2.45) is 5.16 Å². The van der Waals surface area contributed by atoms with Gasteiger partial charge in [-0.05, 0) is 42.5 Å². The molecule has 0 radical (unpaired) electrons. The standard InChI is InChI=1S/C19H21NO2/c1-21-18-12-10-15(11-13-18)6-5-9-17-14-19(22-20-17)16-7-3-2-4-8-16/h2-4,7-8,10-13,19H,5-6,9,14H2,1H3. The molecule has 1 unspecified atom stereocenters. The second-order valence-corrected chi connectivity index (χ2v) is 5.57. The molecular weight excluding hydrogens is 274 g/mol. The topological polar surface area (TPSA) is 30.8 Å². The van der Waals surface area contributed by atoms with Gasteiger partial charge in [0.25, 0.3) is 0 Å². The molecule has 3 rings (SSSR count). The zero-order chi connectivity index (χ0) is 15.2. The van der Waals surface area contributed by atoms with Crippen LogP contribution < -0.4 is 4.74 Å². The molecule has 1 atom stereocenters. The van der Waals surface area contributed by atoms with Crippen molar-refractivity contribution in [3.8, 4) is 5.75 Å². The number of methoxy groups -OCH3 is 1. The highest BCUT2D eigenvalue weighted by Gasteiger charge is 2.21. The molecule has 0 spiro atoms. The number of rotatable bonds is 6. The highest BCUT2D eigenvalue weighted by atomic mass is 16.6. The van der Waals surface area contributed by atoms with E-state index in [0.29, 0.717) is 0 Å². The van der Waals surface area contributed by atoms with Gasteiger partial charge in [-0.1, -0.05) is 47.6 Å². The number of aryl methyl sites for hydroxylation is 1. The van der Waals surface area contributed by atoms with Gasteiger partial charge >= 0.3 is 0 Å². The van der Waals surface area contributed by atoms with Crippen molar-refractivity contribution in [1.82, 2.24) is 0 Å². The van der Waals surface area contributed by atoms with E-state index in [1.807, 2.05) is 30.3 Å². The van der Waals surface area contributed by atoms with Gasteiger partial charge in [-0.15, -0.1) is 0 Å². The van der Waals surface area contributed by atoms with Crippen molar-refractivity contribution in [1.29, 1.82) is 0 Å². The molecule has 2 aromatic carbocycles. The van der Waals surface area contributed by atoms with E-state index in [4.69, 9.17) is 9.57 Å². The highest BCUT2D eigenvalue weighted by molar-refractivity contribution is 5.85. The van der Waals surface area contributed by atoms with Crippen LogP contribution in [0.2, 0.25) is 0 Å². The van der Waals surface area contributed by atoms with Crippen LogP contribution in [0.15, 0.2) is 59.8 Å². The monoisotopic (exact) mass is 295 g/mol. The van der Waals surface area contributed by atoms with Gasteiger partial charge < -0.3 is 9.57 Å². The molecule has 0 saturated carbocycles. The third-order valence-corrected chi connectivity index (χ3v) is 3.99. The number of benzene rings is 2. The van der Waals surface area contributed by atoms with E-state index in [1.165, 1.54) is 16.8 Å². The average molecular weight is 295 g/mol. The van der Waals surface area contributed by atoms with Crippen LogP contribution in [0.4, 0.5) is 0 Å². The van der Waals surface area contributed by atoms with Gasteiger partial charge in [0.05, 0.1) is 12.8 Å². The van der Waals surface area contributed by atoms with Gasteiger partial charge in [0, 0.05) is 6.42 Å². The van der Waals surface area contributed by atoms with Crippen LogP contribution in [0.25, 0.3) is 0 Å². The van der Waals surface area contributed by atoms with Crippen LogP contribution in [-0.2, 0) is 11.3 Å². The molecule has 0 aromatic heterocycles. The highest BCUT2D eigenvalue weighted by Crippen LogP contribution is 2.28. The maximum absolute atomic E-state index is 5.56. The van der Waals surface area contributed by atoms with E-state index >= 15 is 0 Å². The van der Waals surface area contributed by atoms with E-state index in [0.717, 1.165) is 31.4 Å². The maximum Gasteiger partial charge on any atom is 0.157 e. The van der Waals surface area contributed by atoms with Crippen LogP contribution in [0.1, 0.15) is 36.5 Å². The lowest BCUT2D eigenvalue weighted by molar-refractivity contribution is 0.0857. The van der Waals surface area contributed by atoms with E-state index in [9.17, 15) is 0 Å². The summed E-state index contributed by atoms with van der Waals surface area (Å²) in [5, 5.41) is 4.25. The van der Waals surface area contributed by atoms with Gasteiger partial charge in [-0.3, -0.25) is 0 Å². The Kier molecular flexibility index (Phi) is 4.74. The zero-order valence-electron chi connectivity index (χ0n) is 12.9. The van der Waals surface area contributed by atoms with Crippen LogP contribution in [0.5, 0.6) is 5.75 Å².